The van der Waals surface area contributed by atoms with E-state index in [1.54, 1.807) is 11.3 Å². The first-order chi connectivity index (χ1) is 15.6. The molecule has 0 aliphatic rings. The average Bonchev–Trinajstić information content (AvgIpc) is 3.21. The van der Waals surface area contributed by atoms with Gasteiger partial charge in [0, 0.05) is 28.1 Å². The number of hydrogen-bond donors (Lipinski definition) is 1. The zero-order valence-corrected chi connectivity index (χ0v) is 19.1. The Morgan fingerprint density at radius 1 is 0.906 bits per heavy atom. The molecule has 0 saturated carbocycles. The summed E-state index contributed by atoms with van der Waals surface area (Å²) in [5.41, 5.74) is 5.14. The second kappa shape index (κ2) is 10.2. The van der Waals surface area contributed by atoms with Crippen LogP contribution in [0.1, 0.15) is 23.3 Å². The maximum atomic E-state index is 12.3. The molecule has 0 radical (unpaired) electrons. The van der Waals surface area contributed by atoms with Gasteiger partial charge in [-0.1, -0.05) is 60.2 Å². The fourth-order valence-corrected chi connectivity index (χ4v) is 4.30. The molecule has 162 valence electrons. The van der Waals surface area contributed by atoms with Crippen LogP contribution in [0.2, 0.25) is 0 Å². The number of amides is 1. The van der Waals surface area contributed by atoms with E-state index < -0.39 is 0 Å². The van der Waals surface area contributed by atoms with Gasteiger partial charge in [-0.3, -0.25) is 4.79 Å². The molecule has 0 bridgehead atoms. The van der Waals surface area contributed by atoms with E-state index in [1.807, 2.05) is 73.7 Å². The van der Waals surface area contributed by atoms with Gasteiger partial charge in [0.15, 0.2) is 0 Å². The lowest BCUT2D eigenvalue weighted by Gasteiger charge is -2.08. The Morgan fingerprint density at radius 2 is 1.62 bits per heavy atom. The number of rotatable bonds is 8. The minimum Gasteiger partial charge on any atom is -0.494 e. The van der Waals surface area contributed by atoms with Gasteiger partial charge < -0.3 is 10.1 Å². The smallest absolute Gasteiger partial charge is 0.224 e. The number of aromatic nitrogens is 1. The first-order valence-corrected chi connectivity index (χ1v) is 11.5. The summed E-state index contributed by atoms with van der Waals surface area (Å²) in [5, 5.41) is 3.98. The van der Waals surface area contributed by atoms with Crippen molar-refractivity contribution in [1.82, 2.24) is 4.98 Å². The van der Waals surface area contributed by atoms with E-state index in [1.165, 1.54) is 10.4 Å². The topological polar surface area (TPSA) is 51.2 Å². The number of aryl methyl sites for hydroxylation is 2. The van der Waals surface area contributed by atoms with Gasteiger partial charge in [0.1, 0.15) is 10.8 Å². The highest BCUT2D eigenvalue weighted by Gasteiger charge is 2.11. The first kappa shape index (κ1) is 21.8. The van der Waals surface area contributed by atoms with E-state index in [-0.39, 0.29) is 5.91 Å². The normalized spacial score (nSPS) is 10.7. The molecule has 1 aromatic heterocycles. The van der Waals surface area contributed by atoms with Gasteiger partial charge in [0.2, 0.25) is 5.91 Å². The summed E-state index contributed by atoms with van der Waals surface area (Å²) in [6.45, 7) is 4.65. The quantitative estimate of drug-likeness (QED) is 0.302. The predicted molar refractivity (Wildman–Crippen MR) is 132 cm³/mol. The molecular weight excluding hydrogens is 416 g/mol. The monoisotopic (exact) mass is 442 g/mol. The largest absolute Gasteiger partial charge is 0.494 e. The molecule has 4 rings (SSSR count). The van der Waals surface area contributed by atoms with Gasteiger partial charge in [-0.05, 0) is 44.5 Å². The van der Waals surface area contributed by atoms with E-state index >= 15 is 0 Å². The highest BCUT2D eigenvalue weighted by molar-refractivity contribution is 7.15. The van der Waals surface area contributed by atoms with Crippen molar-refractivity contribution < 1.29 is 9.53 Å². The number of hydrogen-bond acceptors (Lipinski definition) is 4. The maximum Gasteiger partial charge on any atom is 0.224 e. The summed E-state index contributed by atoms with van der Waals surface area (Å²) < 4.78 is 5.69. The van der Waals surface area contributed by atoms with Crippen LogP contribution in [0, 0.1) is 13.8 Å². The van der Waals surface area contributed by atoms with Crippen molar-refractivity contribution in [1.29, 1.82) is 0 Å². The molecule has 32 heavy (non-hydrogen) atoms. The van der Waals surface area contributed by atoms with Crippen molar-refractivity contribution in [2.75, 3.05) is 11.9 Å². The Balaban J connectivity index is 1.29. The van der Waals surface area contributed by atoms with Gasteiger partial charge in [-0.2, -0.15) is 0 Å². The SMILES string of the molecule is Cc1ccc(OCCCC(=O)Nc2ccc(-c3nc(-c4ccccc4)sc3C)cc2)cc1. The Hall–Kier alpha value is -3.44. The van der Waals surface area contributed by atoms with Crippen LogP contribution in [-0.2, 0) is 4.79 Å². The molecule has 3 aromatic carbocycles. The van der Waals surface area contributed by atoms with Crippen LogP contribution >= 0.6 is 11.3 Å². The fraction of sp³-hybridized carbons (Fsp3) is 0.185. The lowest BCUT2D eigenvalue weighted by molar-refractivity contribution is -0.116. The van der Waals surface area contributed by atoms with Crippen molar-refractivity contribution >= 4 is 22.9 Å². The number of anilines is 1. The molecule has 4 aromatic rings. The van der Waals surface area contributed by atoms with E-state index in [4.69, 9.17) is 9.72 Å². The minimum absolute atomic E-state index is 0.0125. The third-order valence-corrected chi connectivity index (χ3v) is 6.12. The number of nitrogens with zero attached hydrogens (tertiary/aromatic N) is 1. The van der Waals surface area contributed by atoms with Gasteiger partial charge in [0.25, 0.3) is 0 Å². The van der Waals surface area contributed by atoms with Crippen LogP contribution in [0.15, 0.2) is 78.9 Å². The van der Waals surface area contributed by atoms with E-state index in [0.29, 0.717) is 19.4 Å². The molecule has 1 N–H and O–H groups in total. The number of thiazole rings is 1. The molecule has 5 heteroatoms. The van der Waals surface area contributed by atoms with E-state index in [0.717, 1.165) is 33.3 Å². The third kappa shape index (κ3) is 5.62. The molecule has 1 heterocycles. The summed E-state index contributed by atoms with van der Waals surface area (Å²) in [6.07, 6.45) is 1.08. The summed E-state index contributed by atoms with van der Waals surface area (Å²) in [4.78, 5) is 18.3. The number of ether oxygens (including phenoxy) is 1. The Labute approximate surface area is 192 Å². The molecule has 0 atom stereocenters. The van der Waals surface area contributed by atoms with Crippen molar-refractivity contribution in [2.24, 2.45) is 0 Å². The second-order valence-electron chi connectivity index (χ2n) is 7.68. The minimum atomic E-state index is -0.0125. The van der Waals surface area contributed by atoms with Gasteiger partial charge in [-0.25, -0.2) is 4.98 Å². The number of benzene rings is 3. The molecule has 0 fully saturated rings. The summed E-state index contributed by atoms with van der Waals surface area (Å²) in [6, 6.07) is 26.0. The van der Waals surface area contributed by atoms with Crippen LogP contribution in [-0.4, -0.2) is 17.5 Å². The highest BCUT2D eigenvalue weighted by Crippen LogP contribution is 2.33. The predicted octanol–water partition coefficient (Wildman–Crippen LogP) is 6.89. The Morgan fingerprint density at radius 3 is 2.34 bits per heavy atom. The summed E-state index contributed by atoms with van der Waals surface area (Å²) in [7, 11) is 0. The van der Waals surface area contributed by atoms with E-state index in [2.05, 4.69) is 24.4 Å². The zero-order valence-electron chi connectivity index (χ0n) is 18.3. The fourth-order valence-electron chi connectivity index (χ4n) is 3.36. The molecular formula is C27H26N2O2S. The van der Waals surface area contributed by atoms with Crippen molar-refractivity contribution in [3.63, 3.8) is 0 Å². The van der Waals surface area contributed by atoms with Gasteiger partial charge in [0.05, 0.1) is 12.3 Å². The standard InChI is InChI=1S/C27H26N2O2S/c1-19-10-16-24(17-11-19)31-18-6-9-25(30)28-23-14-12-21(13-15-23)26-20(2)32-27(29-26)22-7-4-3-5-8-22/h3-5,7-8,10-17H,6,9,18H2,1-2H3,(H,28,30). The van der Waals surface area contributed by atoms with Gasteiger partial charge in [-0.15, -0.1) is 11.3 Å². The van der Waals surface area contributed by atoms with Crippen LogP contribution in [0.25, 0.3) is 21.8 Å². The number of nitrogens with one attached hydrogen (secondary N) is 1. The molecule has 1 amide bonds. The lowest BCUT2D eigenvalue weighted by atomic mass is 10.1. The average molecular weight is 443 g/mol. The second-order valence-corrected chi connectivity index (χ2v) is 8.88. The highest BCUT2D eigenvalue weighted by atomic mass is 32.1. The van der Waals surface area contributed by atoms with Crippen LogP contribution < -0.4 is 10.1 Å². The Bertz CT molecular complexity index is 1170. The Kier molecular flexibility index (Phi) is 6.97. The van der Waals surface area contributed by atoms with E-state index in [9.17, 15) is 4.79 Å². The molecule has 0 aliphatic heterocycles. The third-order valence-electron chi connectivity index (χ3n) is 5.10. The molecule has 0 saturated heterocycles. The first-order valence-electron chi connectivity index (χ1n) is 10.7. The van der Waals surface area contributed by atoms with Gasteiger partial charge >= 0.3 is 0 Å². The van der Waals surface area contributed by atoms with Crippen molar-refractivity contribution in [3.05, 3.63) is 89.3 Å². The summed E-state index contributed by atoms with van der Waals surface area (Å²) in [5.74, 6) is 0.820. The molecule has 0 spiro atoms. The van der Waals surface area contributed by atoms with Crippen LogP contribution in [0.4, 0.5) is 5.69 Å². The molecule has 0 aliphatic carbocycles. The maximum absolute atomic E-state index is 12.3. The zero-order chi connectivity index (χ0) is 22.3. The lowest BCUT2D eigenvalue weighted by Crippen LogP contribution is -2.12. The summed E-state index contributed by atoms with van der Waals surface area (Å²) >= 11 is 1.69. The molecule has 4 nitrogen and oxygen atoms in total. The number of carbonyl (C=O) groups is 1. The van der Waals surface area contributed by atoms with Crippen LogP contribution in [0.3, 0.4) is 0 Å². The van der Waals surface area contributed by atoms with Crippen molar-refractivity contribution in [2.45, 2.75) is 26.7 Å². The number of carbonyl (C=O) groups excluding carboxylic acids is 1. The molecule has 0 unspecified atom stereocenters. The van der Waals surface area contributed by atoms with Crippen molar-refractivity contribution in [3.8, 4) is 27.6 Å². The van der Waals surface area contributed by atoms with Crippen LogP contribution in [0.5, 0.6) is 5.75 Å².